The van der Waals surface area contributed by atoms with Gasteiger partial charge in [0.1, 0.15) is 0 Å². The lowest BCUT2D eigenvalue weighted by molar-refractivity contribution is -0.137. The van der Waals surface area contributed by atoms with Crippen molar-refractivity contribution < 1.29 is 22.8 Å². The molecule has 1 amide bonds. The molecule has 4 rings (SSSR count). The van der Waals surface area contributed by atoms with Crippen molar-refractivity contribution in [2.75, 3.05) is 5.32 Å². The van der Waals surface area contributed by atoms with E-state index in [0.29, 0.717) is 23.3 Å². The quantitative estimate of drug-likeness (QED) is 0.685. The first-order valence-corrected chi connectivity index (χ1v) is 10.4. The van der Waals surface area contributed by atoms with Crippen LogP contribution in [0, 0.1) is 0 Å². The number of carbonyl (C=O) groups excluding carboxylic acids is 2. The van der Waals surface area contributed by atoms with Crippen molar-refractivity contribution in [1.82, 2.24) is 5.32 Å². The Balaban J connectivity index is 1.71. The SMILES string of the molecule is CC1=C(C(=O)Nc2cccc(C(F)(F)F)c2)C(c2ccsc2)C2=C(CCCC2=O)N1. The number of carbonyl (C=O) groups is 2. The predicted octanol–water partition coefficient (Wildman–Crippen LogP) is 5.37. The van der Waals surface area contributed by atoms with Gasteiger partial charge in [0.25, 0.3) is 5.91 Å². The van der Waals surface area contributed by atoms with E-state index in [1.165, 1.54) is 23.5 Å². The molecule has 0 saturated heterocycles. The number of benzene rings is 1. The summed E-state index contributed by atoms with van der Waals surface area (Å²) in [6.45, 7) is 1.75. The van der Waals surface area contributed by atoms with Gasteiger partial charge in [-0.1, -0.05) is 6.07 Å². The minimum Gasteiger partial charge on any atom is -0.362 e. The molecule has 0 spiro atoms. The molecule has 30 heavy (non-hydrogen) atoms. The molecule has 156 valence electrons. The van der Waals surface area contributed by atoms with Crippen LogP contribution < -0.4 is 10.6 Å². The highest BCUT2D eigenvalue weighted by atomic mass is 32.1. The molecule has 0 radical (unpaired) electrons. The summed E-state index contributed by atoms with van der Waals surface area (Å²) in [5.41, 5.74) is 2.40. The molecule has 1 aromatic heterocycles. The predicted molar refractivity (Wildman–Crippen MR) is 109 cm³/mol. The minimum absolute atomic E-state index is 0.00295. The Hall–Kier alpha value is -2.87. The van der Waals surface area contributed by atoms with Gasteiger partial charge >= 0.3 is 6.18 Å². The second-order valence-corrected chi connectivity index (χ2v) is 8.14. The summed E-state index contributed by atoms with van der Waals surface area (Å²) in [4.78, 5) is 26.0. The van der Waals surface area contributed by atoms with Crippen LogP contribution in [0.5, 0.6) is 0 Å². The third kappa shape index (κ3) is 3.79. The second kappa shape index (κ2) is 7.75. The smallest absolute Gasteiger partial charge is 0.362 e. The first kappa shape index (κ1) is 20.4. The number of allylic oxidation sites excluding steroid dienone is 3. The summed E-state index contributed by atoms with van der Waals surface area (Å²) in [7, 11) is 0. The van der Waals surface area contributed by atoms with Crippen molar-refractivity contribution in [2.24, 2.45) is 0 Å². The number of rotatable bonds is 3. The van der Waals surface area contributed by atoms with Gasteiger partial charge < -0.3 is 10.6 Å². The first-order valence-electron chi connectivity index (χ1n) is 9.50. The van der Waals surface area contributed by atoms with Gasteiger partial charge in [-0.25, -0.2) is 0 Å². The average Bonchev–Trinajstić information content (AvgIpc) is 3.21. The minimum atomic E-state index is -4.50. The summed E-state index contributed by atoms with van der Waals surface area (Å²) in [6.07, 6.45) is -2.61. The highest BCUT2D eigenvalue weighted by molar-refractivity contribution is 7.08. The zero-order valence-electron chi connectivity index (χ0n) is 16.1. The standard InChI is InChI=1S/C22H19F3N2O2S/c1-12-18(21(29)27-15-5-2-4-14(10-15)22(23,24)25)19(13-8-9-30-11-13)20-16(26-12)6-3-7-17(20)28/h2,4-5,8-11,19,26H,3,6-7H2,1H3,(H,27,29). The van der Waals surface area contributed by atoms with E-state index in [1.54, 1.807) is 6.92 Å². The number of hydrogen-bond donors (Lipinski definition) is 2. The number of thiophene rings is 1. The lowest BCUT2D eigenvalue weighted by Crippen LogP contribution is -2.35. The molecule has 0 saturated carbocycles. The van der Waals surface area contributed by atoms with Crippen molar-refractivity contribution in [1.29, 1.82) is 0 Å². The maximum atomic E-state index is 13.2. The van der Waals surface area contributed by atoms with Crippen LogP contribution in [-0.4, -0.2) is 11.7 Å². The Bertz CT molecular complexity index is 1070. The van der Waals surface area contributed by atoms with Crippen LogP contribution >= 0.6 is 11.3 Å². The molecule has 2 heterocycles. The van der Waals surface area contributed by atoms with Gasteiger partial charge in [-0.15, -0.1) is 0 Å². The molecule has 1 aliphatic carbocycles. The largest absolute Gasteiger partial charge is 0.416 e. The molecule has 2 aliphatic rings. The van der Waals surface area contributed by atoms with Gasteiger partial charge in [-0.3, -0.25) is 9.59 Å². The summed E-state index contributed by atoms with van der Waals surface area (Å²) in [5, 5.41) is 9.56. The van der Waals surface area contributed by atoms with Crippen LogP contribution in [0.25, 0.3) is 0 Å². The van der Waals surface area contributed by atoms with E-state index in [4.69, 9.17) is 0 Å². The number of alkyl halides is 3. The van der Waals surface area contributed by atoms with Gasteiger partial charge in [0, 0.05) is 40.6 Å². The van der Waals surface area contributed by atoms with E-state index >= 15 is 0 Å². The van der Waals surface area contributed by atoms with Crippen molar-refractivity contribution in [3.63, 3.8) is 0 Å². The first-order chi connectivity index (χ1) is 14.3. The molecule has 1 atom stereocenters. The molecule has 0 fully saturated rings. The summed E-state index contributed by atoms with van der Waals surface area (Å²) in [6, 6.07) is 6.39. The van der Waals surface area contributed by atoms with Crippen molar-refractivity contribution in [3.8, 4) is 0 Å². The fourth-order valence-electron chi connectivity index (χ4n) is 4.03. The Morgan fingerprint density at radius 3 is 2.73 bits per heavy atom. The number of halogens is 3. The molecular formula is C22H19F3N2O2S. The van der Waals surface area contributed by atoms with E-state index in [9.17, 15) is 22.8 Å². The van der Waals surface area contributed by atoms with Crippen LogP contribution in [0.1, 0.15) is 43.2 Å². The highest BCUT2D eigenvalue weighted by Gasteiger charge is 2.38. The molecule has 4 nitrogen and oxygen atoms in total. The number of hydrogen-bond acceptors (Lipinski definition) is 4. The third-order valence-electron chi connectivity index (χ3n) is 5.34. The molecule has 1 aromatic carbocycles. The maximum Gasteiger partial charge on any atom is 0.416 e. The van der Waals surface area contributed by atoms with Crippen LogP contribution in [-0.2, 0) is 15.8 Å². The third-order valence-corrected chi connectivity index (χ3v) is 6.05. The van der Waals surface area contributed by atoms with Gasteiger partial charge in [0.05, 0.1) is 5.56 Å². The normalized spacial score (nSPS) is 19.5. The summed E-state index contributed by atoms with van der Waals surface area (Å²) in [5.74, 6) is -1.07. The van der Waals surface area contributed by atoms with Crippen LogP contribution in [0.3, 0.4) is 0 Å². The molecule has 8 heteroatoms. The van der Waals surface area contributed by atoms with Crippen molar-refractivity contribution >= 4 is 28.7 Å². The van der Waals surface area contributed by atoms with Gasteiger partial charge in [-0.05, 0) is 60.4 Å². The summed E-state index contributed by atoms with van der Waals surface area (Å²) < 4.78 is 39.1. The fraction of sp³-hybridized carbons (Fsp3) is 0.273. The zero-order valence-corrected chi connectivity index (χ0v) is 16.9. The van der Waals surface area contributed by atoms with Crippen molar-refractivity contribution in [2.45, 2.75) is 38.3 Å². The molecule has 2 aromatic rings. The second-order valence-electron chi connectivity index (χ2n) is 7.36. The number of nitrogens with one attached hydrogen (secondary N) is 2. The lowest BCUT2D eigenvalue weighted by atomic mass is 9.75. The number of anilines is 1. The van der Waals surface area contributed by atoms with Gasteiger partial charge in [0.15, 0.2) is 5.78 Å². The zero-order chi connectivity index (χ0) is 21.5. The number of dihydropyridines is 1. The lowest BCUT2D eigenvalue weighted by Gasteiger charge is -2.34. The molecular weight excluding hydrogens is 413 g/mol. The Morgan fingerprint density at radius 1 is 1.23 bits per heavy atom. The van der Waals surface area contributed by atoms with Gasteiger partial charge in [0.2, 0.25) is 0 Å². The van der Waals surface area contributed by atoms with Crippen molar-refractivity contribution in [3.05, 3.63) is 74.8 Å². The van der Waals surface area contributed by atoms with E-state index in [2.05, 4.69) is 10.6 Å². The Kier molecular flexibility index (Phi) is 5.27. The molecule has 0 bridgehead atoms. The average molecular weight is 432 g/mol. The van der Waals surface area contributed by atoms with E-state index in [-0.39, 0.29) is 11.5 Å². The van der Waals surface area contributed by atoms with Gasteiger partial charge in [-0.2, -0.15) is 24.5 Å². The maximum absolute atomic E-state index is 13.2. The van der Waals surface area contributed by atoms with E-state index in [0.717, 1.165) is 36.2 Å². The Morgan fingerprint density at radius 2 is 2.03 bits per heavy atom. The fourth-order valence-corrected chi connectivity index (χ4v) is 4.71. The van der Waals surface area contributed by atoms with E-state index in [1.807, 2.05) is 16.8 Å². The van der Waals surface area contributed by atoms with Crippen LogP contribution in [0.15, 0.2) is 63.6 Å². The summed E-state index contributed by atoms with van der Waals surface area (Å²) >= 11 is 1.46. The monoisotopic (exact) mass is 432 g/mol. The Labute approximate surface area is 175 Å². The van der Waals surface area contributed by atoms with Crippen LogP contribution in [0.2, 0.25) is 0 Å². The number of Topliss-reactive ketones (excluding diaryl/α,β-unsaturated/α-hetero) is 1. The highest BCUT2D eigenvalue weighted by Crippen LogP contribution is 2.43. The van der Waals surface area contributed by atoms with Crippen LogP contribution in [0.4, 0.5) is 18.9 Å². The number of amides is 1. The number of ketones is 1. The molecule has 1 aliphatic heterocycles. The molecule has 2 N–H and O–H groups in total. The topological polar surface area (TPSA) is 58.2 Å². The molecule has 1 unspecified atom stereocenters. The van der Waals surface area contributed by atoms with E-state index < -0.39 is 23.6 Å².